The maximum Gasteiger partial charge on any atom is 0.261 e. The van der Waals surface area contributed by atoms with Crippen LogP contribution in [0.25, 0.3) is 0 Å². The summed E-state index contributed by atoms with van der Waals surface area (Å²) < 4.78 is 27.3. The number of aryl methyl sites for hydroxylation is 2. The second-order valence-corrected chi connectivity index (χ2v) is 6.45. The van der Waals surface area contributed by atoms with Gasteiger partial charge in [0.05, 0.1) is 22.2 Å². The third-order valence-corrected chi connectivity index (χ3v) is 4.45. The van der Waals surface area contributed by atoms with Crippen LogP contribution in [0.15, 0.2) is 41.3 Å². The lowest BCUT2D eigenvalue weighted by Crippen LogP contribution is -2.15. The van der Waals surface area contributed by atoms with Crippen LogP contribution in [0.1, 0.15) is 16.7 Å². The maximum atomic E-state index is 12.4. The zero-order chi connectivity index (χ0) is 15.6. The summed E-state index contributed by atoms with van der Waals surface area (Å²) in [6.07, 6.45) is 0. The fraction of sp³-hybridized carbons (Fsp3) is 0.133. The number of nitrogens with zero attached hydrogens (tertiary/aromatic N) is 1. The molecule has 0 bridgehead atoms. The number of nitrogens with two attached hydrogens (primary N) is 1. The van der Waals surface area contributed by atoms with Crippen molar-refractivity contribution >= 4 is 21.4 Å². The molecule has 6 heteroatoms. The minimum absolute atomic E-state index is 0.108. The highest BCUT2D eigenvalue weighted by Crippen LogP contribution is 2.26. The molecule has 2 aromatic carbocycles. The molecule has 0 spiro atoms. The summed E-state index contributed by atoms with van der Waals surface area (Å²) in [6.45, 7) is 3.58. The van der Waals surface area contributed by atoms with Gasteiger partial charge in [-0.15, -0.1) is 0 Å². The van der Waals surface area contributed by atoms with Gasteiger partial charge in [0.1, 0.15) is 0 Å². The topological polar surface area (TPSA) is 96.0 Å². The SMILES string of the molecule is Cc1cc(N)cc(C)c1NS(=O)(=O)c1ccc(C#N)cc1. The number of rotatable bonds is 3. The normalized spacial score (nSPS) is 10.9. The number of benzene rings is 2. The Balaban J connectivity index is 2.40. The largest absolute Gasteiger partial charge is 0.399 e. The minimum Gasteiger partial charge on any atom is -0.399 e. The summed E-state index contributed by atoms with van der Waals surface area (Å²) in [6, 6.07) is 11.1. The molecule has 2 aromatic rings. The Hall–Kier alpha value is -2.52. The van der Waals surface area contributed by atoms with E-state index in [1.54, 1.807) is 26.0 Å². The first-order chi connectivity index (χ1) is 9.83. The fourth-order valence-electron chi connectivity index (χ4n) is 2.06. The van der Waals surface area contributed by atoms with Crippen LogP contribution in [0.5, 0.6) is 0 Å². The summed E-state index contributed by atoms with van der Waals surface area (Å²) in [5.41, 5.74) is 8.76. The van der Waals surface area contributed by atoms with Crippen molar-refractivity contribution in [2.45, 2.75) is 18.7 Å². The highest BCUT2D eigenvalue weighted by molar-refractivity contribution is 7.92. The van der Waals surface area contributed by atoms with E-state index in [9.17, 15) is 8.42 Å². The highest BCUT2D eigenvalue weighted by atomic mass is 32.2. The summed E-state index contributed by atoms with van der Waals surface area (Å²) in [5.74, 6) is 0. The highest BCUT2D eigenvalue weighted by Gasteiger charge is 2.16. The van der Waals surface area contributed by atoms with Crippen LogP contribution in [0, 0.1) is 25.2 Å². The fourth-order valence-corrected chi connectivity index (χ4v) is 3.26. The molecule has 0 amide bonds. The van der Waals surface area contributed by atoms with Crippen LogP contribution in [-0.4, -0.2) is 8.42 Å². The average Bonchev–Trinajstić information content (AvgIpc) is 2.43. The van der Waals surface area contributed by atoms with Gasteiger partial charge in [0.25, 0.3) is 10.0 Å². The predicted molar refractivity (Wildman–Crippen MR) is 82.3 cm³/mol. The summed E-state index contributed by atoms with van der Waals surface area (Å²) in [7, 11) is -3.70. The first kappa shape index (κ1) is 14.9. The third-order valence-electron chi connectivity index (χ3n) is 3.09. The number of hydrogen-bond donors (Lipinski definition) is 2. The number of anilines is 2. The van der Waals surface area contributed by atoms with Crippen molar-refractivity contribution in [3.8, 4) is 6.07 Å². The predicted octanol–water partition coefficient (Wildman–Crippen LogP) is 2.56. The Bertz CT molecular complexity index is 796. The van der Waals surface area contributed by atoms with Gasteiger partial charge in [-0.1, -0.05) is 0 Å². The van der Waals surface area contributed by atoms with Gasteiger partial charge < -0.3 is 5.73 Å². The van der Waals surface area contributed by atoms with Crippen LogP contribution in [0.4, 0.5) is 11.4 Å². The Kier molecular flexibility index (Phi) is 3.87. The molecule has 2 rings (SSSR count). The Labute approximate surface area is 124 Å². The molecular formula is C15H15N3O2S. The molecule has 0 atom stereocenters. The zero-order valence-corrected chi connectivity index (χ0v) is 12.5. The van der Waals surface area contributed by atoms with Gasteiger partial charge in [-0.05, 0) is 61.4 Å². The van der Waals surface area contributed by atoms with Crippen molar-refractivity contribution in [3.63, 3.8) is 0 Å². The van der Waals surface area contributed by atoms with E-state index in [0.717, 1.165) is 11.1 Å². The van der Waals surface area contributed by atoms with Gasteiger partial charge >= 0.3 is 0 Å². The molecule has 0 fully saturated rings. The van der Waals surface area contributed by atoms with Crippen molar-refractivity contribution in [2.24, 2.45) is 0 Å². The molecule has 5 nitrogen and oxygen atoms in total. The molecule has 0 radical (unpaired) electrons. The molecule has 3 N–H and O–H groups in total. The molecular weight excluding hydrogens is 286 g/mol. The van der Waals surface area contributed by atoms with Crippen molar-refractivity contribution in [3.05, 3.63) is 53.1 Å². The monoisotopic (exact) mass is 301 g/mol. The summed E-state index contributed by atoms with van der Waals surface area (Å²) >= 11 is 0. The van der Waals surface area contributed by atoms with Gasteiger partial charge in [-0.3, -0.25) is 4.72 Å². The Morgan fingerprint density at radius 1 is 1.10 bits per heavy atom. The Morgan fingerprint density at radius 2 is 1.62 bits per heavy atom. The molecule has 0 saturated carbocycles. The van der Waals surface area contributed by atoms with E-state index >= 15 is 0 Å². The van der Waals surface area contributed by atoms with E-state index in [2.05, 4.69) is 4.72 Å². The number of nitrogens with one attached hydrogen (secondary N) is 1. The van der Waals surface area contributed by atoms with Crippen LogP contribution in [0.3, 0.4) is 0 Å². The lowest BCUT2D eigenvalue weighted by Gasteiger charge is -2.14. The maximum absolute atomic E-state index is 12.4. The van der Waals surface area contributed by atoms with Crippen LogP contribution >= 0.6 is 0 Å². The van der Waals surface area contributed by atoms with Crippen molar-refractivity contribution in [1.82, 2.24) is 0 Å². The second kappa shape index (κ2) is 5.46. The van der Waals surface area contributed by atoms with Crippen molar-refractivity contribution in [2.75, 3.05) is 10.5 Å². The van der Waals surface area contributed by atoms with E-state index in [-0.39, 0.29) is 4.90 Å². The van der Waals surface area contributed by atoms with Crippen LogP contribution in [0.2, 0.25) is 0 Å². The molecule has 108 valence electrons. The summed E-state index contributed by atoms with van der Waals surface area (Å²) in [4.78, 5) is 0.108. The van der Waals surface area contributed by atoms with Gasteiger partial charge in [-0.25, -0.2) is 8.42 Å². The quantitative estimate of drug-likeness (QED) is 0.851. The second-order valence-electron chi connectivity index (χ2n) is 4.77. The van der Waals surface area contributed by atoms with Crippen LogP contribution < -0.4 is 10.5 Å². The molecule has 0 unspecified atom stereocenters. The lowest BCUT2D eigenvalue weighted by molar-refractivity contribution is 0.601. The van der Waals surface area contributed by atoms with Crippen molar-refractivity contribution in [1.29, 1.82) is 5.26 Å². The number of nitriles is 1. The average molecular weight is 301 g/mol. The molecule has 21 heavy (non-hydrogen) atoms. The van der Waals surface area contributed by atoms with Gasteiger partial charge in [0.2, 0.25) is 0 Å². The molecule has 0 aliphatic heterocycles. The van der Waals surface area contributed by atoms with E-state index in [1.807, 2.05) is 6.07 Å². The minimum atomic E-state index is -3.70. The summed E-state index contributed by atoms with van der Waals surface area (Å²) in [5, 5.41) is 8.74. The molecule has 0 aliphatic rings. The van der Waals surface area contributed by atoms with Crippen LogP contribution in [-0.2, 0) is 10.0 Å². The third kappa shape index (κ3) is 3.15. The first-order valence-corrected chi connectivity index (χ1v) is 7.71. The van der Waals surface area contributed by atoms with E-state index in [4.69, 9.17) is 11.0 Å². The number of hydrogen-bond acceptors (Lipinski definition) is 4. The van der Waals surface area contributed by atoms with Gasteiger partial charge in [0.15, 0.2) is 0 Å². The zero-order valence-electron chi connectivity index (χ0n) is 11.7. The van der Waals surface area contributed by atoms with E-state index in [0.29, 0.717) is 16.9 Å². The number of sulfonamides is 1. The smallest absolute Gasteiger partial charge is 0.261 e. The first-order valence-electron chi connectivity index (χ1n) is 6.23. The van der Waals surface area contributed by atoms with E-state index in [1.165, 1.54) is 24.3 Å². The van der Waals surface area contributed by atoms with Gasteiger partial charge in [0, 0.05) is 5.69 Å². The molecule has 0 aromatic heterocycles. The Morgan fingerprint density at radius 3 is 2.10 bits per heavy atom. The van der Waals surface area contributed by atoms with E-state index < -0.39 is 10.0 Å². The molecule has 0 aliphatic carbocycles. The number of nitrogen functional groups attached to an aromatic ring is 1. The standard InChI is InChI=1S/C15H15N3O2S/c1-10-7-13(17)8-11(2)15(10)18-21(19,20)14-5-3-12(9-16)4-6-14/h3-8,18H,17H2,1-2H3. The molecule has 0 saturated heterocycles. The molecule has 0 heterocycles. The lowest BCUT2D eigenvalue weighted by atomic mass is 10.1. The van der Waals surface area contributed by atoms with Crippen molar-refractivity contribution < 1.29 is 8.42 Å². The van der Waals surface area contributed by atoms with Gasteiger partial charge in [-0.2, -0.15) is 5.26 Å².